The van der Waals surface area contributed by atoms with Crippen LogP contribution in [0, 0.1) is 5.41 Å². The van der Waals surface area contributed by atoms with Crippen LogP contribution in [0.4, 0.5) is 4.79 Å². The molecule has 0 saturated carbocycles. The molecule has 164 valence electrons. The van der Waals surface area contributed by atoms with E-state index in [0.717, 1.165) is 22.3 Å². The van der Waals surface area contributed by atoms with E-state index in [0.29, 0.717) is 6.42 Å². The zero-order chi connectivity index (χ0) is 22.6. The number of alkyl carbamates (subject to hydrolysis) is 1. The molecule has 31 heavy (non-hydrogen) atoms. The molecule has 3 N–H and O–H groups in total. The molecule has 7 heteroatoms. The lowest BCUT2D eigenvalue weighted by Gasteiger charge is -2.22. The fourth-order valence-electron chi connectivity index (χ4n) is 3.64. The maximum Gasteiger partial charge on any atom is 0.407 e. The third-order valence-corrected chi connectivity index (χ3v) is 5.64. The van der Waals surface area contributed by atoms with Crippen molar-refractivity contribution in [1.29, 1.82) is 0 Å². The standard InChI is InChI=1S/C24H28N2O5/c1-4-20(21(27)25-14-24(2,3)22(28)29)26-23(30)31-13-19-17-11-7-5-9-15(17)16-10-6-8-12-18(16)19/h5-12,19-20H,4,13-14H2,1-3H3,(H,25,27)(H,26,30)(H,28,29). The molecule has 1 aliphatic carbocycles. The number of ether oxygens (including phenoxy) is 1. The summed E-state index contributed by atoms with van der Waals surface area (Å²) in [7, 11) is 0. The molecule has 2 aromatic carbocycles. The summed E-state index contributed by atoms with van der Waals surface area (Å²) in [6, 6.07) is 15.3. The Hall–Kier alpha value is -3.35. The van der Waals surface area contributed by atoms with Gasteiger partial charge in [0.1, 0.15) is 12.6 Å². The van der Waals surface area contributed by atoms with Crippen molar-refractivity contribution >= 4 is 18.0 Å². The number of carbonyl (C=O) groups excluding carboxylic acids is 2. The van der Waals surface area contributed by atoms with E-state index in [9.17, 15) is 14.4 Å². The number of amides is 2. The van der Waals surface area contributed by atoms with Gasteiger partial charge in [-0.3, -0.25) is 9.59 Å². The lowest BCUT2D eigenvalue weighted by Crippen LogP contribution is -2.49. The minimum absolute atomic E-state index is 0.0377. The van der Waals surface area contributed by atoms with Gasteiger partial charge in [-0.1, -0.05) is 55.5 Å². The summed E-state index contributed by atoms with van der Waals surface area (Å²) < 4.78 is 5.48. The first-order chi connectivity index (χ1) is 14.7. The molecule has 0 radical (unpaired) electrons. The van der Waals surface area contributed by atoms with E-state index >= 15 is 0 Å². The van der Waals surface area contributed by atoms with Gasteiger partial charge in [-0.05, 0) is 42.5 Å². The van der Waals surface area contributed by atoms with Crippen molar-refractivity contribution in [3.8, 4) is 11.1 Å². The van der Waals surface area contributed by atoms with Crippen LogP contribution in [0.15, 0.2) is 48.5 Å². The van der Waals surface area contributed by atoms with E-state index in [1.165, 1.54) is 13.8 Å². The molecule has 0 saturated heterocycles. The largest absolute Gasteiger partial charge is 0.481 e. The Morgan fingerprint density at radius 2 is 1.58 bits per heavy atom. The second-order valence-electron chi connectivity index (χ2n) is 8.34. The Labute approximate surface area is 181 Å². The molecule has 0 aliphatic heterocycles. The van der Waals surface area contributed by atoms with Gasteiger partial charge in [0, 0.05) is 12.5 Å². The highest BCUT2D eigenvalue weighted by Gasteiger charge is 2.31. The summed E-state index contributed by atoms with van der Waals surface area (Å²) in [5.41, 5.74) is 3.39. The van der Waals surface area contributed by atoms with Crippen molar-refractivity contribution in [2.24, 2.45) is 5.41 Å². The third kappa shape index (κ3) is 4.87. The van der Waals surface area contributed by atoms with Gasteiger partial charge in [-0.25, -0.2) is 4.79 Å². The van der Waals surface area contributed by atoms with Crippen LogP contribution >= 0.6 is 0 Å². The van der Waals surface area contributed by atoms with Crippen molar-refractivity contribution in [3.63, 3.8) is 0 Å². The second kappa shape index (κ2) is 9.20. The molecule has 0 spiro atoms. The predicted molar refractivity (Wildman–Crippen MR) is 117 cm³/mol. The molecule has 0 fully saturated rings. The number of aliphatic carboxylic acids is 1. The first kappa shape index (κ1) is 22.3. The summed E-state index contributed by atoms with van der Waals surface area (Å²) in [6.45, 7) is 4.93. The molecule has 3 rings (SSSR count). The summed E-state index contributed by atoms with van der Waals surface area (Å²) in [5.74, 6) is -1.51. The number of benzene rings is 2. The van der Waals surface area contributed by atoms with Crippen LogP contribution in [-0.2, 0) is 14.3 Å². The number of fused-ring (bicyclic) bond motifs is 3. The van der Waals surface area contributed by atoms with Crippen molar-refractivity contribution in [1.82, 2.24) is 10.6 Å². The van der Waals surface area contributed by atoms with E-state index < -0.39 is 29.4 Å². The lowest BCUT2D eigenvalue weighted by atomic mass is 9.94. The van der Waals surface area contributed by atoms with Crippen molar-refractivity contribution < 1.29 is 24.2 Å². The van der Waals surface area contributed by atoms with Crippen molar-refractivity contribution in [2.45, 2.75) is 39.2 Å². The maximum absolute atomic E-state index is 12.4. The van der Waals surface area contributed by atoms with Crippen LogP contribution in [0.1, 0.15) is 44.2 Å². The molecular formula is C24H28N2O5. The van der Waals surface area contributed by atoms with Crippen LogP contribution in [0.2, 0.25) is 0 Å². The Balaban J connectivity index is 1.59. The summed E-state index contributed by atoms with van der Waals surface area (Å²) in [4.78, 5) is 36.0. The molecule has 2 amide bonds. The van der Waals surface area contributed by atoms with Crippen molar-refractivity contribution in [3.05, 3.63) is 59.7 Å². The first-order valence-corrected chi connectivity index (χ1v) is 10.4. The van der Waals surface area contributed by atoms with E-state index in [4.69, 9.17) is 9.84 Å². The van der Waals surface area contributed by atoms with Gasteiger partial charge >= 0.3 is 12.1 Å². The van der Waals surface area contributed by atoms with Gasteiger partial charge in [0.2, 0.25) is 5.91 Å². The molecule has 0 heterocycles. The normalized spacial score (nSPS) is 13.6. The third-order valence-electron chi connectivity index (χ3n) is 5.64. The highest BCUT2D eigenvalue weighted by molar-refractivity contribution is 5.86. The highest BCUT2D eigenvalue weighted by Crippen LogP contribution is 2.44. The van der Waals surface area contributed by atoms with E-state index in [2.05, 4.69) is 22.8 Å². The summed E-state index contributed by atoms with van der Waals surface area (Å²) in [6.07, 6.45) is -0.329. The number of carboxylic acids is 1. The van der Waals surface area contributed by atoms with Crippen LogP contribution in [-0.4, -0.2) is 42.3 Å². The van der Waals surface area contributed by atoms with Crippen LogP contribution in [0.3, 0.4) is 0 Å². The van der Waals surface area contributed by atoms with Crippen LogP contribution in [0.25, 0.3) is 11.1 Å². The molecule has 0 bridgehead atoms. The topological polar surface area (TPSA) is 105 Å². The Kier molecular flexibility index (Phi) is 6.63. The molecule has 1 unspecified atom stereocenters. The quantitative estimate of drug-likeness (QED) is 0.601. The Morgan fingerprint density at radius 3 is 2.10 bits per heavy atom. The monoisotopic (exact) mass is 424 g/mol. The Bertz CT molecular complexity index is 940. The van der Waals surface area contributed by atoms with Gasteiger partial charge in [0.05, 0.1) is 5.41 Å². The Morgan fingerprint density at radius 1 is 1.03 bits per heavy atom. The predicted octanol–water partition coefficient (Wildman–Crippen LogP) is 3.53. The summed E-state index contributed by atoms with van der Waals surface area (Å²) in [5, 5.41) is 14.3. The van der Waals surface area contributed by atoms with Gasteiger partial charge in [0.15, 0.2) is 0 Å². The molecule has 2 aromatic rings. The van der Waals surface area contributed by atoms with Crippen LogP contribution < -0.4 is 10.6 Å². The number of carboxylic acid groups (broad SMARTS) is 1. The maximum atomic E-state index is 12.4. The number of nitrogens with one attached hydrogen (secondary N) is 2. The first-order valence-electron chi connectivity index (χ1n) is 10.4. The fourth-order valence-corrected chi connectivity index (χ4v) is 3.64. The number of hydrogen-bond acceptors (Lipinski definition) is 4. The van der Waals surface area contributed by atoms with E-state index in [1.54, 1.807) is 6.92 Å². The van der Waals surface area contributed by atoms with Gasteiger partial charge in [-0.2, -0.15) is 0 Å². The van der Waals surface area contributed by atoms with E-state index in [1.807, 2.05) is 36.4 Å². The summed E-state index contributed by atoms with van der Waals surface area (Å²) >= 11 is 0. The van der Waals surface area contributed by atoms with Crippen molar-refractivity contribution in [2.75, 3.05) is 13.2 Å². The lowest BCUT2D eigenvalue weighted by molar-refractivity contribution is -0.146. The smallest absolute Gasteiger partial charge is 0.407 e. The van der Waals surface area contributed by atoms with Gasteiger partial charge in [0.25, 0.3) is 0 Å². The number of rotatable bonds is 8. The average molecular weight is 424 g/mol. The van der Waals surface area contributed by atoms with Gasteiger partial charge < -0.3 is 20.5 Å². The fraction of sp³-hybridized carbons (Fsp3) is 0.375. The molecule has 7 nitrogen and oxygen atoms in total. The molecular weight excluding hydrogens is 396 g/mol. The van der Waals surface area contributed by atoms with E-state index in [-0.39, 0.29) is 19.1 Å². The zero-order valence-electron chi connectivity index (χ0n) is 18.0. The molecule has 1 aliphatic rings. The van der Waals surface area contributed by atoms with Gasteiger partial charge in [-0.15, -0.1) is 0 Å². The average Bonchev–Trinajstić information content (AvgIpc) is 3.08. The molecule has 1 atom stereocenters. The SMILES string of the molecule is CCC(NC(=O)OCC1c2ccccc2-c2ccccc21)C(=O)NCC(C)(C)C(=O)O. The number of hydrogen-bond donors (Lipinski definition) is 3. The second-order valence-corrected chi connectivity index (χ2v) is 8.34. The highest BCUT2D eigenvalue weighted by atomic mass is 16.5. The minimum Gasteiger partial charge on any atom is -0.481 e. The minimum atomic E-state index is -1.10. The molecule has 0 aromatic heterocycles. The zero-order valence-corrected chi connectivity index (χ0v) is 18.0. The van der Waals surface area contributed by atoms with Crippen LogP contribution in [0.5, 0.6) is 0 Å². The number of carbonyl (C=O) groups is 3.